The zero-order chi connectivity index (χ0) is 13.9. The van der Waals surface area contributed by atoms with Gasteiger partial charge in [0.15, 0.2) is 0 Å². The molecule has 0 aliphatic heterocycles. The van der Waals surface area contributed by atoms with Crippen LogP contribution in [0.3, 0.4) is 0 Å². The molecule has 100 valence electrons. The molecule has 0 unspecified atom stereocenters. The maximum Gasteiger partial charge on any atom is 0.416 e. The highest BCUT2D eigenvalue weighted by Gasteiger charge is 2.08. The Kier molecular flexibility index (Phi) is 3.43. The third-order valence-corrected chi connectivity index (χ3v) is 4.00. The van der Waals surface area contributed by atoms with E-state index >= 15 is 0 Å². The maximum atomic E-state index is 11.1. The van der Waals surface area contributed by atoms with Gasteiger partial charge in [-0.1, -0.05) is 30.3 Å². The molecule has 1 aromatic carbocycles. The number of carbonyl (C=O) groups is 1. The molecular weight excluding hydrogens is 272 g/mol. The molecular formula is C15H12N2O2S. The fourth-order valence-corrected chi connectivity index (χ4v) is 2.83. The average Bonchev–Trinajstić information content (AvgIpc) is 2.89. The van der Waals surface area contributed by atoms with Gasteiger partial charge < -0.3 is 5.11 Å². The predicted octanol–water partition coefficient (Wildman–Crippen LogP) is 3.85. The first-order valence-electron chi connectivity index (χ1n) is 6.11. The fraction of sp³-hybridized carbons (Fsp3) is 0.0667. The van der Waals surface area contributed by atoms with E-state index in [0.717, 1.165) is 10.6 Å². The second-order valence-electron chi connectivity index (χ2n) is 4.32. The van der Waals surface area contributed by atoms with Gasteiger partial charge in [0.05, 0.1) is 11.0 Å². The number of carboxylic acid groups (broad SMARTS) is 1. The number of thioether (sulfide) groups is 1. The summed E-state index contributed by atoms with van der Waals surface area (Å²) < 4.78 is 1.19. The van der Waals surface area contributed by atoms with Crippen molar-refractivity contribution < 1.29 is 9.90 Å². The summed E-state index contributed by atoms with van der Waals surface area (Å²) in [7, 11) is 0. The van der Waals surface area contributed by atoms with Crippen LogP contribution >= 0.6 is 11.8 Å². The molecule has 3 aromatic rings. The minimum atomic E-state index is -0.994. The Morgan fingerprint density at radius 3 is 2.80 bits per heavy atom. The van der Waals surface area contributed by atoms with Crippen LogP contribution in [0, 0.1) is 0 Å². The van der Waals surface area contributed by atoms with E-state index in [4.69, 9.17) is 5.11 Å². The predicted molar refractivity (Wildman–Crippen MR) is 79.2 cm³/mol. The Morgan fingerprint density at radius 2 is 2.05 bits per heavy atom. The van der Waals surface area contributed by atoms with E-state index in [2.05, 4.69) is 17.1 Å². The first-order valence-corrected chi connectivity index (χ1v) is 7.10. The monoisotopic (exact) mass is 284 g/mol. The lowest BCUT2D eigenvalue weighted by Gasteiger charge is -2.03. The summed E-state index contributed by atoms with van der Waals surface area (Å²) in [5.41, 5.74) is 2.54. The number of fused-ring (bicyclic) bond motifs is 1. The molecule has 0 radical (unpaired) electrons. The van der Waals surface area contributed by atoms with Crippen molar-refractivity contribution in [2.75, 3.05) is 0 Å². The van der Waals surface area contributed by atoms with Crippen LogP contribution in [0.15, 0.2) is 59.8 Å². The van der Waals surface area contributed by atoms with Crippen molar-refractivity contribution in [1.82, 2.24) is 9.55 Å². The van der Waals surface area contributed by atoms with E-state index in [1.165, 1.54) is 16.3 Å². The summed E-state index contributed by atoms with van der Waals surface area (Å²) in [5, 5.41) is 9.10. The Bertz CT molecular complexity index is 753. The van der Waals surface area contributed by atoms with Gasteiger partial charge in [0.25, 0.3) is 0 Å². The smallest absolute Gasteiger partial charge is 0.416 e. The molecule has 1 N–H and O–H groups in total. The molecule has 0 atom stereocenters. The van der Waals surface area contributed by atoms with E-state index in [1.54, 1.807) is 24.0 Å². The summed E-state index contributed by atoms with van der Waals surface area (Å²) in [4.78, 5) is 16.3. The average molecular weight is 284 g/mol. The van der Waals surface area contributed by atoms with Gasteiger partial charge in [-0.3, -0.25) is 9.55 Å². The second kappa shape index (κ2) is 5.38. The minimum Gasteiger partial charge on any atom is -0.464 e. The lowest BCUT2D eigenvalue weighted by atomic mass is 10.2. The second-order valence-corrected chi connectivity index (χ2v) is 5.37. The van der Waals surface area contributed by atoms with Crippen LogP contribution in [0.5, 0.6) is 0 Å². The molecule has 5 heteroatoms. The first kappa shape index (κ1) is 12.7. The van der Waals surface area contributed by atoms with Crippen LogP contribution in [0.25, 0.3) is 11.0 Å². The minimum absolute atomic E-state index is 0.621. The molecule has 0 amide bonds. The first-order chi connectivity index (χ1) is 9.74. The van der Waals surface area contributed by atoms with Crippen molar-refractivity contribution in [2.45, 2.75) is 10.6 Å². The van der Waals surface area contributed by atoms with E-state index in [-0.39, 0.29) is 0 Å². The van der Waals surface area contributed by atoms with Crippen LogP contribution < -0.4 is 0 Å². The van der Waals surface area contributed by atoms with Crippen LogP contribution in [-0.4, -0.2) is 20.8 Å². The summed E-state index contributed by atoms with van der Waals surface area (Å²) in [6, 6.07) is 13.7. The SMILES string of the molecule is O=C(O)n1ccc2ncc(SCc3ccccc3)cc21. The summed E-state index contributed by atoms with van der Waals surface area (Å²) in [6.45, 7) is 0. The van der Waals surface area contributed by atoms with Gasteiger partial charge in [0.2, 0.25) is 0 Å². The van der Waals surface area contributed by atoms with Gasteiger partial charge in [-0.15, -0.1) is 11.8 Å². The highest BCUT2D eigenvalue weighted by Crippen LogP contribution is 2.25. The Morgan fingerprint density at radius 1 is 1.25 bits per heavy atom. The van der Waals surface area contributed by atoms with Gasteiger partial charge in [0, 0.05) is 23.0 Å². The number of hydrogen-bond acceptors (Lipinski definition) is 3. The molecule has 0 saturated heterocycles. The van der Waals surface area contributed by atoms with Gasteiger partial charge >= 0.3 is 6.09 Å². The molecule has 0 spiro atoms. The molecule has 0 aliphatic carbocycles. The Labute approximate surface area is 120 Å². The van der Waals surface area contributed by atoms with E-state index in [1.807, 2.05) is 24.3 Å². The molecule has 20 heavy (non-hydrogen) atoms. The molecule has 2 heterocycles. The maximum absolute atomic E-state index is 11.1. The molecule has 0 saturated carbocycles. The summed E-state index contributed by atoms with van der Waals surface area (Å²) in [6.07, 6.45) is 2.31. The molecule has 0 bridgehead atoms. The van der Waals surface area contributed by atoms with Gasteiger partial charge in [-0.05, 0) is 17.7 Å². The lowest BCUT2D eigenvalue weighted by Crippen LogP contribution is -2.05. The van der Waals surface area contributed by atoms with Gasteiger partial charge in [0.1, 0.15) is 0 Å². The molecule has 0 fully saturated rings. The van der Waals surface area contributed by atoms with Crippen molar-refractivity contribution in [1.29, 1.82) is 0 Å². The Balaban J connectivity index is 1.85. The number of pyridine rings is 1. The van der Waals surface area contributed by atoms with Crippen LogP contribution in [0.4, 0.5) is 4.79 Å². The largest absolute Gasteiger partial charge is 0.464 e. The quantitative estimate of drug-likeness (QED) is 0.742. The van der Waals surface area contributed by atoms with E-state index in [9.17, 15) is 4.79 Å². The zero-order valence-corrected chi connectivity index (χ0v) is 11.4. The lowest BCUT2D eigenvalue weighted by molar-refractivity contribution is 0.197. The highest BCUT2D eigenvalue weighted by atomic mass is 32.2. The van der Waals surface area contributed by atoms with Crippen molar-refractivity contribution >= 4 is 28.9 Å². The molecule has 0 aliphatic rings. The Hall–Kier alpha value is -2.27. The van der Waals surface area contributed by atoms with Gasteiger partial charge in [-0.2, -0.15) is 0 Å². The van der Waals surface area contributed by atoms with Crippen LogP contribution in [-0.2, 0) is 5.75 Å². The van der Waals surface area contributed by atoms with Crippen molar-refractivity contribution in [3.05, 3.63) is 60.4 Å². The number of benzene rings is 1. The highest BCUT2D eigenvalue weighted by molar-refractivity contribution is 7.98. The van der Waals surface area contributed by atoms with Gasteiger partial charge in [-0.25, -0.2) is 4.79 Å². The fourth-order valence-electron chi connectivity index (χ4n) is 1.98. The number of hydrogen-bond donors (Lipinski definition) is 1. The normalized spacial score (nSPS) is 10.8. The topological polar surface area (TPSA) is 55.1 Å². The van der Waals surface area contributed by atoms with E-state index < -0.39 is 6.09 Å². The summed E-state index contributed by atoms with van der Waals surface area (Å²) in [5.74, 6) is 0.835. The number of nitrogens with zero attached hydrogens (tertiary/aromatic N) is 2. The molecule has 3 rings (SSSR count). The van der Waals surface area contributed by atoms with Crippen molar-refractivity contribution in [3.63, 3.8) is 0 Å². The standard InChI is InChI=1S/C15H12N2O2S/c18-15(19)17-7-6-13-14(17)8-12(9-16-13)20-10-11-4-2-1-3-5-11/h1-9H,10H2,(H,18,19). The van der Waals surface area contributed by atoms with Crippen molar-refractivity contribution in [3.8, 4) is 0 Å². The third kappa shape index (κ3) is 2.53. The van der Waals surface area contributed by atoms with Crippen LogP contribution in [0.2, 0.25) is 0 Å². The molecule has 4 nitrogen and oxygen atoms in total. The summed E-state index contributed by atoms with van der Waals surface area (Å²) >= 11 is 1.64. The number of aromatic nitrogens is 2. The van der Waals surface area contributed by atoms with Crippen LogP contribution in [0.1, 0.15) is 5.56 Å². The van der Waals surface area contributed by atoms with E-state index in [0.29, 0.717) is 11.0 Å². The number of rotatable bonds is 3. The molecule has 2 aromatic heterocycles. The van der Waals surface area contributed by atoms with Crippen molar-refractivity contribution in [2.24, 2.45) is 0 Å². The zero-order valence-electron chi connectivity index (χ0n) is 10.6. The third-order valence-electron chi connectivity index (χ3n) is 2.97.